The third-order valence-electron chi connectivity index (χ3n) is 2.82. The fourth-order valence-electron chi connectivity index (χ4n) is 1.87. The molecular formula is C14H13Br2Cl2NS. The van der Waals surface area contributed by atoms with Crippen molar-refractivity contribution in [3.8, 4) is 0 Å². The van der Waals surface area contributed by atoms with Crippen molar-refractivity contribution >= 4 is 66.4 Å². The van der Waals surface area contributed by atoms with E-state index in [1.807, 2.05) is 18.2 Å². The first kappa shape index (κ1) is 16.8. The summed E-state index contributed by atoms with van der Waals surface area (Å²) in [7, 11) is 0. The molecule has 1 heterocycles. The average molecular weight is 458 g/mol. The Balaban J connectivity index is 2.38. The van der Waals surface area contributed by atoms with Gasteiger partial charge in [-0.3, -0.25) is 0 Å². The maximum absolute atomic E-state index is 6.21. The topological polar surface area (TPSA) is 12.0 Å². The SMILES string of the molecule is CCCNC(c1ccc(Br)c(Cl)c1)c1cc(Cl)c(Br)s1. The summed E-state index contributed by atoms with van der Waals surface area (Å²) in [5.74, 6) is 0. The van der Waals surface area contributed by atoms with Gasteiger partial charge in [-0.1, -0.05) is 36.2 Å². The van der Waals surface area contributed by atoms with Gasteiger partial charge in [0.15, 0.2) is 0 Å². The molecule has 0 aliphatic carbocycles. The minimum absolute atomic E-state index is 0.106. The second kappa shape index (κ2) is 7.61. The number of rotatable bonds is 5. The van der Waals surface area contributed by atoms with Crippen molar-refractivity contribution in [1.82, 2.24) is 5.32 Å². The normalized spacial score (nSPS) is 12.7. The van der Waals surface area contributed by atoms with Crippen molar-refractivity contribution in [3.63, 3.8) is 0 Å². The molecular weight excluding hydrogens is 445 g/mol. The third kappa shape index (κ3) is 3.99. The molecule has 1 unspecified atom stereocenters. The van der Waals surface area contributed by atoms with Gasteiger partial charge in [-0.05, 0) is 68.6 Å². The Bertz CT molecular complexity index is 581. The number of thiophene rings is 1. The van der Waals surface area contributed by atoms with Crippen LogP contribution < -0.4 is 5.32 Å². The average Bonchev–Trinajstić information content (AvgIpc) is 2.74. The van der Waals surface area contributed by atoms with Crippen molar-refractivity contribution in [2.75, 3.05) is 6.54 Å². The van der Waals surface area contributed by atoms with Crippen LogP contribution in [0.4, 0.5) is 0 Å². The fraction of sp³-hybridized carbons (Fsp3) is 0.286. The number of hydrogen-bond acceptors (Lipinski definition) is 2. The lowest BCUT2D eigenvalue weighted by Crippen LogP contribution is -2.22. The molecule has 1 aromatic heterocycles. The van der Waals surface area contributed by atoms with Crippen LogP contribution in [0.5, 0.6) is 0 Å². The zero-order chi connectivity index (χ0) is 14.7. The molecule has 6 heteroatoms. The summed E-state index contributed by atoms with van der Waals surface area (Å²) in [6.07, 6.45) is 1.07. The Morgan fingerprint density at radius 1 is 1.20 bits per heavy atom. The maximum Gasteiger partial charge on any atom is 0.0888 e. The lowest BCUT2D eigenvalue weighted by molar-refractivity contribution is 0.606. The first-order valence-electron chi connectivity index (χ1n) is 6.16. The molecule has 0 saturated carbocycles. The van der Waals surface area contributed by atoms with E-state index in [2.05, 4.69) is 50.2 Å². The molecule has 0 bridgehead atoms. The highest BCUT2D eigenvalue weighted by atomic mass is 79.9. The molecule has 0 amide bonds. The monoisotopic (exact) mass is 455 g/mol. The van der Waals surface area contributed by atoms with E-state index in [1.165, 1.54) is 4.88 Å². The van der Waals surface area contributed by atoms with Crippen molar-refractivity contribution < 1.29 is 0 Å². The highest BCUT2D eigenvalue weighted by Crippen LogP contribution is 2.38. The predicted molar refractivity (Wildman–Crippen MR) is 96.3 cm³/mol. The summed E-state index contributed by atoms with van der Waals surface area (Å²) in [4.78, 5) is 1.17. The zero-order valence-corrected chi connectivity index (χ0v) is 16.2. The zero-order valence-electron chi connectivity index (χ0n) is 10.7. The van der Waals surface area contributed by atoms with E-state index >= 15 is 0 Å². The molecule has 0 fully saturated rings. The number of hydrogen-bond donors (Lipinski definition) is 1. The molecule has 1 N–H and O–H groups in total. The van der Waals surface area contributed by atoms with Gasteiger partial charge < -0.3 is 5.32 Å². The molecule has 0 saturated heterocycles. The summed E-state index contributed by atoms with van der Waals surface area (Å²) >= 11 is 20.9. The molecule has 0 aliphatic rings. The first-order valence-corrected chi connectivity index (χ1v) is 9.31. The summed E-state index contributed by atoms with van der Waals surface area (Å²) in [5.41, 5.74) is 1.14. The molecule has 20 heavy (non-hydrogen) atoms. The summed E-state index contributed by atoms with van der Waals surface area (Å²) < 4.78 is 1.86. The van der Waals surface area contributed by atoms with Gasteiger partial charge in [0.1, 0.15) is 0 Å². The number of nitrogens with one attached hydrogen (secondary N) is 1. The van der Waals surface area contributed by atoms with E-state index in [4.69, 9.17) is 23.2 Å². The van der Waals surface area contributed by atoms with E-state index in [1.54, 1.807) is 11.3 Å². The molecule has 1 atom stereocenters. The second-order valence-electron chi connectivity index (χ2n) is 4.33. The van der Waals surface area contributed by atoms with Gasteiger partial charge in [-0.25, -0.2) is 0 Å². The third-order valence-corrected chi connectivity index (χ3v) is 6.60. The van der Waals surface area contributed by atoms with Crippen LogP contribution in [-0.4, -0.2) is 6.54 Å². The minimum Gasteiger partial charge on any atom is -0.306 e. The molecule has 0 aliphatic heterocycles. The Labute approximate surface area is 149 Å². The summed E-state index contributed by atoms with van der Waals surface area (Å²) in [6, 6.07) is 8.14. The maximum atomic E-state index is 6.21. The van der Waals surface area contributed by atoms with Crippen molar-refractivity contribution in [2.45, 2.75) is 19.4 Å². The van der Waals surface area contributed by atoms with Crippen LogP contribution >= 0.6 is 66.4 Å². The van der Waals surface area contributed by atoms with Crippen molar-refractivity contribution in [3.05, 3.63) is 53.0 Å². The molecule has 108 valence electrons. The predicted octanol–water partition coefficient (Wildman–Crippen LogP) is 6.67. The molecule has 1 nitrogen and oxygen atoms in total. The molecule has 0 spiro atoms. The first-order chi connectivity index (χ1) is 9.52. The number of benzene rings is 1. The Morgan fingerprint density at radius 2 is 1.95 bits per heavy atom. The van der Waals surface area contributed by atoms with Gasteiger partial charge >= 0.3 is 0 Å². The van der Waals surface area contributed by atoms with Gasteiger partial charge in [0, 0.05) is 9.35 Å². The molecule has 0 radical (unpaired) electrons. The van der Waals surface area contributed by atoms with Crippen molar-refractivity contribution in [1.29, 1.82) is 0 Å². The highest BCUT2D eigenvalue weighted by molar-refractivity contribution is 9.11. The van der Waals surface area contributed by atoms with Gasteiger partial charge in [0.25, 0.3) is 0 Å². The van der Waals surface area contributed by atoms with Gasteiger partial charge in [-0.2, -0.15) is 0 Å². The van der Waals surface area contributed by atoms with E-state index in [0.717, 1.165) is 31.8 Å². The number of halogens is 4. The quantitative estimate of drug-likeness (QED) is 0.528. The lowest BCUT2D eigenvalue weighted by Gasteiger charge is -2.18. The minimum atomic E-state index is 0.106. The van der Waals surface area contributed by atoms with E-state index in [0.29, 0.717) is 5.02 Å². The Morgan fingerprint density at radius 3 is 2.50 bits per heavy atom. The van der Waals surface area contributed by atoms with Crippen LogP contribution in [0.2, 0.25) is 10.0 Å². The second-order valence-corrected chi connectivity index (χ2v) is 8.40. The van der Waals surface area contributed by atoms with E-state index in [-0.39, 0.29) is 6.04 Å². The molecule has 1 aromatic carbocycles. The van der Waals surface area contributed by atoms with Crippen LogP contribution in [0.1, 0.15) is 29.8 Å². The van der Waals surface area contributed by atoms with Crippen LogP contribution in [0.15, 0.2) is 32.5 Å². The van der Waals surface area contributed by atoms with Crippen LogP contribution in [0.3, 0.4) is 0 Å². The Hall–Kier alpha value is 0.420. The standard InChI is InChI=1S/C14H13Br2Cl2NS/c1-2-5-19-13(12-7-11(18)14(16)20-12)8-3-4-9(15)10(17)6-8/h3-4,6-7,13,19H,2,5H2,1H3. The Kier molecular flexibility index (Phi) is 6.39. The molecule has 2 rings (SSSR count). The smallest absolute Gasteiger partial charge is 0.0888 e. The molecule has 2 aromatic rings. The summed E-state index contributed by atoms with van der Waals surface area (Å²) in [6.45, 7) is 3.08. The van der Waals surface area contributed by atoms with Crippen molar-refractivity contribution in [2.24, 2.45) is 0 Å². The van der Waals surface area contributed by atoms with Gasteiger partial charge in [-0.15, -0.1) is 11.3 Å². The van der Waals surface area contributed by atoms with Crippen LogP contribution in [0, 0.1) is 0 Å². The van der Waals surface area contributed by atoms with Gasteiger partial charge in [0.05, 0.1) is 19.9 Å². The van der Waals surface area contributed by atoms with Gasteiger partial charge in [0.2, 0.25) is 0 Å². The summed E-state index contributed by atoms with van der Waals surface area (Å²) in [5, 5.41) is 5.01. The highest BCUT2D eigenvalue weighted by Gasteiger charge is 2.18. The lowest BCUT2D eigenvalue weighted by atomic mass is 10.1. The largest absolute Gasteiger partial charge is 0.306 e. The van der Waals surface area contributed by atoms with E-state index < -0.39 is 0 Å². The van der Waals surface area contributed by atoms with E-state index in [9.17, 15) is 0 Å². The fourth-order valence-corrected chi connectivity index (χ4v) is 4.16. The van der Waals surface area contributed by atoms with Crippen LogP contribution in [-0.2, 0) is 0 Å². The van der Waals surface area contributed by atoms with Crippen LogP contribution in [0.25, 0.3) is 0 Å².